The first-order chi connectivity index (χ1) is 10.1. The van der Waals surface area contributed by atoms with Crippen molar-refractivity contribution >= 4 is 29.0 Å². The third-order valence-electron chi connectivity index (χ3n) is 3.02. The summed E-state index contributed by atoms with van der Waals surface area (Å²) in [5.74, 6) is -0.208. The van der Waals surface area contributed by atoms with Gasteiger partial charge >= 0.3 is 0 Å². The van der Waals surface area contributed by atoms with E-state index in [1.165, 1.54) is 23.9 Å². The van der Waals surface area contributed by atoms with Crippen LogP contribution in [0.4, 0.5) is 15.8 Å². The normalized spacial score (nSPS) is 10.4. The third kappa shape index (κ3) is 3.98. The van der Waals surface area contributed by atoms with Crippen LogP contribution >= 0.6 is 11.8 Å². The van der Waals surface area contributed by atoms with E-state index in [0.717, 1.165) is 5.69 Å². The van der Waals surface area contributed by atoms with Crippen LogP contribution in [0.1, 0.15) is 6.92 Å². The number of anilines is 2. The number of nitrogens with two attached hydrogens (primary N) is 1. The molecule has 0 aliphatic rings. The summed E-state index contributed by atoms with van der Waals surface area (Å²) in [4.78, 5) is 14.7. The van der Waals surface area contributed by atoms with E-state index < -0.39 is 5.82 Å². The highest BCUT2D eigenvalue weighted by Crippen LogP contribution is 2.23. The molecule has 0 radical (unpaired) electrons. The van der Waals surface area contributed by atoms with Crippen LogP contribution in [0.25, 0.3) is 0 Å². The first-order valence-electron chi connectivity index (χ1n) is 6.65. The predicted octanol–water partition coefficient (Wildman–Crippen LogP) is 3.55. The smallest absolute Gasteiger partial charge is 0.237 e. The number of nitrogen functional groups attached to an aromatic ring is 1. The van der Waals surface area contributed by atoms with Crippen LogP contribution < -0.4 is 10.6 Å². The van der Waals surface area contributed by atoms with E-state index in [1.54, 1.807) is 11.0 Å². The molecular formula is C16H17FN2OS. The average Bonchev–Trinajstić information content (AvgIpc) is 2.50. The number of amides is 1. The van der Waals surface area contributed by atoms with E-state index in [1.807, 2.05) is 37.3 Å². The van der Waals surface area contributed by atoms with Crippen molar-refractivity contribution in [3.8, 4) is 0 Å². The van der Waals surface area contributed by atoms with Crippen LogP contribution in [-0.2, 0) is 4.79 Å². The Morgan fingerprint density at radius 2 is 1.95 bits per heavy atom. The fourth-order valence-corrected chi connectivity index (χ4v) is 2.73. The Morgan fingerprint density at radius 1 is 1.24 bits per heavy atom. The van der Waals surface area contributed by atoms with E-state index >= 15 is 0 Å². The van der Waals surface area contributed by atoms with Crippen molar-refractivity contribution in [1.29, 1.82) is 0 Å². The highest BCUT2D eigenvalue weighted by molar-refractivity contribution is 8.00. The number of halogens is 1. The van der Waals surface area contributed by atoms with Crippen molar-refractivity contribution in [2.75, 3.05) is 22.9 Å². The minimum absolute atomic E-state index is 0.00840. The molecule has 0 spiro atoms. The zero-order chi connectivity index (χ0) is 15.2. The van der Waals surface area contributed by atoms with Gasteiger partial charge in [-0.3, -0.25) is 4.79 Å². The molecule has 3 nitrogen and oxygen atoms in total. The lowest BCUT2D eigenvalue weighted by Gasteiger charge is -2.20. The number of carbonyl (C=O) groups is 1. The Morgan fingerprint density at radius 3 is 2.57 bits per heavy atom. The maximum Gasteiger partial charge on any atom is 0.237 e. The van der Waals surface area contributed by atoms with Crippen molar-refractivity contribution in [2.45, 2.75) is 11.8 Å². The van der Waals surface area contributed by atoms with Crippen molar-refractivity contribution in [2.24, 2.45) is 0 Å². The minimum atomic E-state index is -0.456. The molecule has 2 N–H and O–H groups in total. The van der Waals surface area contributed by atoms with E-state index in [4.69, 9.17) is 5.73 Å². The van der Waals surface area contributed by atoms with Gasteiger partial charge in [-0.15, -0.1) is 11.8 Å². The van der Waals surface area contributed by atoms with Crippen molar-refractivity contribution in [3.63, 3.8) is 0 Å². The summed E-state index contributed by atoms with van der Waals surface area (Å²) in [7, 11) is 0. The van der Waals surface area contributed by atoms with Gasteiger partial charge in [-0.05, 0) is 37.3 Å². The quantitative estimate of drug-likeness (QED) is 0.678. The molecule has 0 heterocycles. The van der Waals surface area contributed by atoms with E-state index in [-0.39, 0.29) is 17.3 Å². The van der Waals surface area contributed by atoms with Crippen LogP contribution in [0.2, 0.25) is 0 Å². The monoisotopic (exact) mass is 304 g/mol. The summed E-state index contributed by atoms with van der Waals surface area (Å²) in [5.41, 5.74) is 6.42. The number of para-hydroxylation sites is 1. The molecule has 1 amide bonds. The van der Waals surface area contributed by atoms with E-state index in [2.05, 4.69) is 0 Å². The highest BCUT2D eigenvalue weighted by Gasteiger charge is 2.14. The fraction of sp³-hybridized carbons (Fsp3) is 0.188. The maximum absolute atomic E-state index is 13.4. The van der Waals surface area contributed by atoms with Gasteiger partial charge in [-0.2, -0.15) is 0 Å². The molecule has 0 fully saturated rings. The Labute approximate surface area is 127 Å². The third-order valence-corrected chi connectivity index (χ3v) is 4.00. The van der Waals surface area contributed by atoms with Crippen LogP contribution in [0.5, 0.6) is 0 Å². The number of thioether (sulfide) groups is 1. The number of benzene rings is 2. The van der Waals surface area contributed by atoms with Crippen molar-refractivity contribution < 1.29 is 9.18 Å². The molecule has 0 aliphatic carbocycles. The molecule has 0 unspecified atom stereocenters. The Hall–Kier alpha value is -2.01. The van der Waals surface area contributed by atoms with Crippen LogP contribution in [0.3, 0.4) is 0 Å². The molecule has 0 saturated heterocycles. The summed E-state index contributed by atoms with van der Waals surface area (Å²) in [6.45, 7) is 2.53. The highest BCUT2D eigenvalue weighted by atomic mass is 32.2. The zero-order valence-corrected chi connectivity index (χ0v) is 12.6. The number of hydrogen-bond acceptors (Lipinski definition) is 3. The summed E-state index contributed by atoms with van der Waals surface area (Å²) in [5, 5.41) is 0. The number of hydrogen-bond donors (Lipinski definition) is 1. The molecule has 0 aliphatic heterocycles. The molecule has 21 heavy (non-hydrogen) atoms. The van der Waals surface area contributed by atoms with Gasteiger partial charge in [0, 0.05) is 17.1 Å². The Balaban J connectivity index is 2.01. The standard InChI is InChI=1S/C16H17FN2OS/c1-2-19(12-6-4-3-5-7-12)16(20)11-21-13-8-9-15(18)14(17)10-13/h3-10H,2,11,18H2,1H3. The van der Waals surface area contributed by atoms with Gasteiger partial charge in [0.1, 0.15) is 5.82 Å². The first kappa shape index (κ1) is 15.4. The van der Waals surface area contributed by atoms with Gasteiger partial charge in [-0.1, -0.05) is 18.2 Å². The van der Waals surface area contributed by atoms with Gasteiger partial charge in [0.05, 0.1) is 11.4 Å². The van der Waals surface area contributed by atoms with Gasteiger partial charge in [0.15, 0.2) is 0 Å². The van der Waals surface area contributed by atoms with Gasteiger partial charge < -0.3 is 10.6 Å². The molecule has 110 valence electrons. The topological polar surface area (TPSA) is 46.3 Å². The lowest BCUT2D eigenvalue weighted by atomic mass is 10.3. The SMILES string of the molecule is CCN(C(=O)CSc1ccc(N)c(F)c1)c1ccccc1. The lowest BCUT2D eigenvalue weighted by molar-refractivity contribution is -0.116. The largest absolute Gasteiger partial charge is 0.396 e. The molecule has 2 aromatic rings. The lowest BCUT2D eigenvalue weighted by Crippen LogP contribution is -2.32. The van der Waals surface area contributed by atoms with Crippen molar-refractivity contribution in [1.82, 2.24) is 0 Å². The molecule has 2 rings (SSSR count). The van der Waals surface area contributed by atoms with Crippen molar-refractivity contribution in [3.05, 3.63) is 54.3 Å². The summed E-state index contributed by atoms with van der Waals surface area (Å²) in [6.07, 6.45) is 0. The molecular weight excluding hydrogens is 287 g/mol. The van der Waals surface area contributed by atoms with E-state index in [9.17, 15) is 9.18 Å². The van der Waals surface area contributed by atoms with Crippen LogP contribution in [0, 0.1) is 5.82 Å². The summed E-state index contributed by atoms with van der Waals surface area (Å²) < 4.78 is 13.4. The van der Waals surface area contributed by atoms with Crippen LogP contribution in [0.15, 0.2) is 53.4 Å². The van der Waals surface area contributed by atoms with Crippen LogP contribution in [-0.4, -0.2) is 18.2 Å². The molecule has 5 heteroatoms. The maximum atomic E-state index is 13.4. The van der Waals surface area contributed by atoms with Gasteiger partial charge in [0.2, 0.25) is 5.91 Å². The predicted molar refractivity (Wildman–Crippen MR) is 86.0 cm³/mol. The Kier molecular flexibility index (Phi) is 5.22. The number of carbonyl (C=O) groups excluding carboxylic acids is 1. The Bertz CT molecular complexity index is 619. The minimum Gasteiger partial charge on any atom is -0.396 e. The molecule has 0 aromatic heterocycles. The fourth-order valence-electron chi connectivity index (χ4n) is 1.93. The zero-order valence-electron chi connectivity index (χ0n) is 11.8. The van der Waals surface area contributed by atoms with E-state index in [0.29, 0.717) is 11.4 Å². The second-order valence-corrected chi connectivity index (χ2v) is 5.49. The molecule has 2 aromatic carbocycles. The number of rotatable bonds is 5. The molecule has 0 bridgehead atoms. The number of nitrogens with zero attached hydrogens (tertiary/aromatic N) is 1. The molecule has 0 saturated carbocycles. The second kappa shape index (κ2) is 7.13. The summed E-state index contributed by atoms with van der Waals surface area (Å²) in [6, 6.07) is 14.1. The summed E-state index contributed by atoms with van der Waals surface area (Å²) >= 11 is 1.30. The average molecular weight is 304 g/mol. The van der Waals surface area contributed by atoms with Gasteiger partial charge in [0.25, 0.3) is 0 Å². The van der Waals surface area contributed by atoms with Gasteiger partial charge in [-0.25, -0.2) is 4.39 Å². The second-order valence-electron chi connectivity index (χ2n) is 4.45. The molecule has 0 atom stereocenters. The first-order valence-corrected chi connectivity index (χ1v) is 7.63.